The predicted molar refractivity (Wildman–Crippen MR) is 91.6 cm³/mol. The van der Waals surface area contributed by atoms with Crippen molar-refractivity contribution in [1.29, 1.82) is 0 Å². The molecule has 0 radical (unpaired) electrons. The molecule has 5 nitrogen and oxygen atoms in total. The minimum absolute atomic E-state index is 0.325. The Labute approximate surface area is 141 Å². The number of hydrogen-bond acceptors (Lipinski definition) is 3. The van der Waals surface area contributed by atoms with E-state index in [9.17, 15) is 17.6 Å². The fourth-order valence-electron chi connectivity index (χ4n) is 2.25. The molecule has 0 saturated heterocycles. The number of sulfonamides is 1. The molecule has 0 fully saturated rings. The fraction of sp³-hybridized carbons (Fsp3) is 0.235. The molecule has 128 valence electrons. The van der Waals surface area contributed by atoms with Crippen LogP contribution in [0.4, 0.5) is 10.1 Å². The highest BCUT2D eigenvalue weighted by Gasteiger charge is 2.21. The van der Waals surface area contributed by atoms with Gasteiger partial charge < -0.3 is 5.32 Å². The molecule has 2 aromatic carbocycles. The highest BCUT2D eigenvalue weighted by Crippen LogP contribution is 2.17. The third-order valence-corrected chi connectivity index (χ3v) is 4.62. The summed E-state index contributed by atoms with van der Waals surface area (Å²) in [6.45, 7) is 1.42. The van der Waals surface area contributed by atoms with E-state index in [2.05, 4.69) is 5.32 Å². The lowest BCUT2D eigenvalue weighted by atomic mass is 10.1. The number of para-hydroxylation sites is 1. The third-order valence-electron chi connectivity index (χ3n) is 3.48. The van der Waals surface area contributed by atoms with Crippen molar-refractivity contribution in [2.45, 2.75) is 13.0 Å². The van der Waals surface area contributed by atoms with Crippen LogP contribution in [-0.2, 0) is 14.8 Å². The van der Waals surface area contributed by atoms with E-state index in [4.69, 9.17) is 0 Å². The van der Waals surface area contributed by atoms with Crippen LogP contribution in [0.25, 0.3) is 0 Å². The zero-order valence-corrected chi connectivity index (χ0v) is 14.3. The minimum atomic E-state index is -3.60. The van der Waals surface area contributed by atoms with E-state index in [1.165, 1.54) is 12.1 Å². The summed E-state index contributed by atoms with van der Waals surface area (Å²) in [6, 6.07) is 13.8. The number of nitrogens with one attached hydrogen (secondary N) is 1. The van der Waals surface area contributed by atoms with E-state index in [1.54, 1.807) is 49.4 Å². The highest BCUT2D eigenvalue weighted by atomic mass is 32.2. The van der Waals surface area contributed by atoms with Crippen molar-refractivity contribution in [3.63, 3.8) is 0 Å². The topological polar surface area (TPSA) is 66.5 Å². The second kappa shape index (κ2) is 7.44. The van der Waals surface area contributed by atoms with Gasteiger partial charge in [-0.1, -0.05) is 30.3 Å². The van der Waals surface area contributed by atoms with Gasteiger partial charge in [-0.15, -0.1) is 0 Å². The van der Waals surface area contributed by atoms with Crippen LogP contribution in [0.1, 0.15) is 18.5 Å². The summed E-state index contributed by atoms with van der Waals surface area (Å²) in [5.41, 5.74) is 1.15. The summed E-state index contributed by atoms with van der Waals surface area (Å²) in [5, 5.41) is 2.72. The van der Waals surface area contributed by atoms with Gasteiger partial charge in [-0.25, -0.2) is 12.8 Å². The second-order valence-corrected chi connectivity index (χ2v) is 7.35. The molecule has 0 saturated carbocycles. The van der Waals surface area contributed by atoms with Crippen LogP contribution in [-0.4, -0.2) is 27.1 Å². The molecule has 0 aliphatic rings. The first-order chi connectivity index (χ1) is 11.3. The van der Waals surface area contributed by atoms with Crippen molar-refractivity contribution in [2.24, 2.45) is 0 Å². The Hall–Kier alpha value is -2.41. The van der Waals surface area contributed by atoms with Gasteiger partial charge in [0.1, 0.15) is 12.4 Å². The molecule has 7 heteroatoms. The lowest BCUT2D eigenvalue weighted by Crippen LogP contribution is -2.41. The van der Waals surface area contributed by atoms with E-state index in [0.717, 1.165) is 16.1 Å². The van der Waals surface area contributed by atoms with Gasteiger partial charge in [-0.05, 0) is 36.8 Å². The number of hydrogen-bond donors (Lipinski definition) is 1. The van der Waals surface area contributed by atoms with Crippen molar-refractivity contribution in [3.05, 3.63) is 66.0 Å². The largest absolute Gasteiger partial charge is 0.348 e. The zero-order chi connectivity index (χ0) is 17.7. The van der Waals surface area contributed by atoms with Gasteiger partial charge in [0.15, 0.2) is 0 Å². The molecule has 24 heavy (non-hydrogen) atoms. The van der Waals surface area contributed by atoms with E-state index in [0.29, 0.717) is 5.69 Å². The molecule has 1 N–H and O–H groups in total. The third kappa shape index (κ3) is 4.79. The van der Waals surface area contributed by atoms with Crippen LogP contribution < -0.4 is 9.62 Å². The molecule has 0 bridgehead atoms. The van der Waals surface area contributed by atoms with Crippen molar-refractivity contribution >= 4 is 21.6 Å². The van der Waals surface area contributed by atoms with Crippen LogP contribution in [0.15, 0.2) is 54.6 Å². The van der Waals surface area contributed by atoms with Crippen molar-refractivity contribution in [1.82, 2.24) is 5.32 Å². The Morgan fingerprint density at radius 1 is 1.12 bits per heavy atom. The molecule has 2 rings (SSSR count). The summed E-state index contributed by atoms with van der Waals surface area (Å²) in [7, 11) is -3.60. The number of amides is 1. The normalized spacial score (nSPS) is 12.5. The maximum atomic E-state index is 12.9. The van der Waals surface area contributed by atoms with Gasteiger partial charge in [0, 0.05) is 0 Å². The van der Waals surface area contributed by atoms with Gasteiger partial charge >= 0.3 is 0 Å². The first-order valence-electron chi connectivity index (χ1n) is 7.35. The Kier molecular flexibility index (Phi) is 5.56. The predicted octanol–water partition coefficient (Wildman–Crippen LogP) is 2.47. The number of benzene rings is 2. The van der Waals surface area contributed by atoms with Gasteiger partial charge in [0.05, 0.1) is 18.0 Å². The number of carbonyl (C=O) groups is 1. The molecule has 0 aliphatic heterocycles. The number of anilines is 1. The summed E-state index contributed by atoms with van der Waals surface area (Å²) >= 11 is 0. The van der Waals surface area contributed by atoms with Crippen molar-refractivity contribution in [2.75, 3.05) is 17.1 Å². The van der Waals surface area contributed by atoms with E-state index in [-0.39, 0.29) is 18.4 Å². The smallest absolute Gasteiger partial charge is 0.241 e. The standard InChI is InChI=1S/C17H19FN2O3S/c1-13(14-8-10-15(18)11-9-14)19-17(21)12-20(24(2,22)23)16-6-4-3-5-7-16/h3-11,13H,12H2,1-2H3,(H,19,21)/t13-/m0/s1. The number of halogens is 1. The van der Waals surface area contributed by atoms with Crippen molar-refractivity contribution < 1.29 is 17.6 Å². The van der Waals surface area contributed by atoms with Crippen LogP contribution in [0.3, 0.4) is 0 Å². The zero-order valence-electron chi connectivity index (χ0n) is 13.4. The summed E-state index contributed by atoms with van der Waals surface area (Å²) in [4.78, 5) is 12.2. The average molecular weight is 350 g/mol. The Morgan fingerprint density at radius 3 is 2.25 bits per heavy atom. The maximum Gasteiger partial charge on any atom is 0.241 e. The SMILES string of the molecule is C[C@H](NC(=O)CN(c1ccccc1)S(C)(=O)=O)c1ccc(F)cc1. The molecule has 0 aromatic heterocycles. The van der Waals surface area contributed by atoms with E-state index < -0.39 is 15.9 Å². The Morgan fingerprint density at radius 2 is 1.71 bits per heavy atom. The molecule has 0 spiro atoms. The Balaban J connectivity index is 2.09. The second-order valence-electron chi connectivity index (χ2n) is 5.45. The molecule has 0 unspecified atom stereocenters. The van der Waals surface area contributed by atoms with Gasteiger partial charge in [0.2, 0.25) is 15.9 Å². The quantitative estimate of drug-likeness (QED) is 0.870. The van der Waals surface area contributed by atoms with Crippen molar-refractivity contribution in [3.8, 4) is 0 Å². The molecular weight excluding hydrogens is 331 g/mol. The fourth-order valence-corrected chi connectivity index (χ4v) is 3.10. The minimum Gasteiger partial charge on any atom is -0.348 e. The molecule has 0 heterocycles. The van der Waals surface area contributed by atoms with E-state index >= 15 is 0 Å². The number of rotatable bonds is 6. The maximum absolute atomic E-state index is 12.9. The monoisotopic (exact) mass is 350 g/mol. The first-order valence-corrected chi connectivity index (χ1v) is 9.20. The highest BCUT2D eigenvalue weighted by molar-refractivity contribution is 7.92. The Bertz CT molecular complexity index is 792. The van der Waals surface area contributed by atoms with Crippen LogP contribution in [0.2, 0.25) is 0 Å². The molecule has 0 aliphatic carbocycles. The lowest BCUT2D eigenvalue weighted by molar-refractivity contribution is -0.120. The lowest BCUT2D eigenvalue weighted by Gasteiger charge is -2.23. The molecule has 1 amide bonds. The summed E-state index contributed by atoms with van der Waals surface area (Å²) in [5.74, 6) is -0.800. The first kappa shape index (κ1) is 17.9. The van der Waals surface area contributed by atoms with Crippen LogP contribution in [0, 0.1) is 5.82 Å². The number of nitrogens with zero attached hydrogens (tertiary/aromatic N) is 1. The van der Waals surface area contributed by atoms with Gasteiger partial charge in [0.25, 0.3) is 0 Å². The molecule has 2 aromatic rings. The average Bonchev–Trinajstić information content (AvgIpc) is 2.53. The van der Waals surface area contributed by atoms with Gasteiger partial charge in [-0.3, -0.25) is 9.10 Å². The summed E-state index contributed by atoms with van der Waals surface area (Å²) in [6.07, 6.45) is 1.05. The van der Waals surface area contributed by atoms with Crippen LogP contribution >= 0.6 is 0 Å². The van der Waals surface area contributed by atoms with Gasteiger partial charge in [-0.2, -0.15) is 0 Å². The van der Waals surface area contributed by atoms with Crippen LogP contribution in [0.5, 0.6) is 0 Å². The number of carbonyl (C=O) groups excluding carboxylic acids is 1. The summed E-state index contributed by atoms with van der Waals surface area (Å²) < 4.78 is 37.9. The molecular formula is C17H19FN2O3S. The van der Waals surface area contributed by atoms with E-state index in [1.807, 2.05) is 0 Å². The molecule has 1 atom stereocenters.